The Morgan fingerprint density at radius 1 is 1.27 bits per heavy atom. The van der Waals surface area contributed by atoms with Gasteiger partial charge in [0.2, 0.25) is 0 Å². The first-order valence-electron chi connectivity index (χ1n) is 4.09. The molecule has 0 bridgehead atoms. The summed E-state index contributed by atoms with van der Waals surface area (Å²) in [5.41, 5.74) is 0. The second-order valence-corrected chi connectivity index (χ2v) is 3.49. The number of aliphatic hydroxyl groups is 1. The van der Waals surface area contributed by atoms with Crippen molar-refractivity contribution in [1.82, 2.24) is 5.32 Å². The highest BCUT2D eigenvalue weighted by Gasteiger charge is 2.21. The summed E-state index contributed by atoms with van der Waals surface area (Å²) in [5, 5.41) is 12.3. The summed E-state index contributed by atoms with van der Waals surface area (Å²) in [6, 6.07) is 1.17. The van der Waals surface area contributed by atoms with E-state index in [4.69, 9.17) is 5.11 Å². The smallest absolute Gasteiger partial charge is 0.0460 e. The quantitative estimate of drug-likeness (QED) is 0.634. The van der Waals surface area contributed by atoms with Crippen LogP contribution in [0.25, 0.3) is 0 Å². The fourth-order valence-electron chi connectivity index (χ4n) is 1.87. The van der Waals surface area contributed by atoms with Crippen LogP contribution in [0.15, 0.2) is 0 Å². The van der Waals surface area contributed by atoms with E-state index in [1.54, 1.807) is 0 Å². The molecule has 1 saturated heterocycles. The molecule has 11 heavy (non-hydrogen) atoms. The van der Waals surface area contributed by atoms with Crippen LogP contribution >= 0.6 is 12.4 Å². The zero-order valence-electron chi connectivity index (χ0n) is 7.21. The first-order chi connectivity index (χ1) is 4.72. The van der Waals surface area contributed by atoms with Crippen LogP contribution in [0.5, 0.6) is 0 Å². The molecule has 0 radical (unpaired) electrons. The lowest BCUT2D eigenvalue weighted by Crippen LogP contribution is -2.43. The van der Waals surface area contributed by atoms with Gasteiger partial charge < -0.3 is 10.4 Å². The molecule has 0 spiro atoms. The third-order valence-electron chi connectivity index (χ3n) is 2.20. The van der Waals surface area contributed by atoms with Gasteiger partial charge in [0.15, 0.2) is 0 Å². The van der Waals surface area contributed by atoms with Gasteiger partial charge in [-0.15, -0.1) is 12.4 Å². The molecule has 2 unspecified atom stereocenters. The number of hydrogen-bond donors (Lipinski definition) is 2. The Morgan fingerprint density at radius 2 is 1.73 bits per heavy atom. The van der Waals surface area contributed by atoms with Crippen molar-refractivity contribution in [2.24, 2.45) is 5.92 Å². The summed E-state index contributed by atoms with van der Waals surface area (Å²) in [5.74, 6) is 0.534. The maximum Gasteiger partial charge on any atom is 0.0460 e. The van der Waals surface area contributed by atoms with Crippen LogP contribution in [0.3, 0.4) is 0 Å². The molecule has 1 heterocycles. The van der Waals surface area contributed by atoms with Crippen molar-refractivity contribution in [1.29, 1.82) is 0 Å². The Morgan fingerprint density at radius 3 is 2.09 bits per heavy atom. The maximum absolute atomic E-state index is 8.90. The molecule has 2 N–H and O–H groups in total. The number of aliphatic hydroxyl groups excluding tert-OH is 1. The van der Waals surface area contributed by atoms with E-state index in [1.807, 2.05) is 0 Å². The lowest BCUT2D eigenvalue weighted by molar-refractivity contribution is 0.160. The minimum Gasteiger partial charge on any atom is -0.396 e. The second-order valence-electron chi connectivity index (χ2n) is 3.49. The summed E-state index contributed by atoms with van der Waals surface area (Å²) in [4.78, 5) is 0. The summed E-state index contributed by atoms with van der Waals surface area (Å²) in [6.45, 7) is 4.72. The molecule has 1 rings (SSSR count). The molecule has 3 heteroatoms. The third-order valence-corrected chi connectivity index (χ3v) is 2.20. The molecular formula is C8H18ClNO. The Hall–Kier alpha value is 0.210. The molecule has 68 valence electrons. The predicted molar refractivity (Wildman–Crippen MR) is 49.1 cm³/mol. The van der Waals surface area contributed by atoms with E-state index in [9.17, 15) is 0 Å². The van der Waals surface area contributed by atoms with Crippen LogP contribution in [0.2, 0.25) is 0 Å². The minimum absolute atomic E-state index is 0. The van der Waals surface area contributed by atoms with Gasteiger partial charge in [-0.3, -0.25) is 0 Å². The Bertz CT molecular complexity index is 100. The standard InChI is InChI=1S/C8H17NO.ClH/c1-6-3-8(5-10)4-7(2)9-6;/h6-10H,3-5H2,1-2H3;1H. The molecule has 1 aliphatic rings. The summed E-state index contributed by atoms with van der Waals surface area (Å²) >= 11 is 0. The average molecular weight is 180 g/mol. The molecule has 1 fully saturated rings. The zero-order chi connectivity index (χ0) is 7.56. The van der Waals surface area contributed by atoms with Gasteiger partial charge in [-0.1, -0.05) is 0 Å². The van der Waals surface area contributed by atoms with Crippen LogP contribution in [0, 0.1) is 5.92 Å². The fourth-order valence-corrected chi connectivity index (χ4v) is 1.87. The summed E-state index contributed by atoms with van der Waals surface area (Å²) in [7, 11) is 0. The van der Waals surface area contributed by atoms with Gasteiger partial charge in [0.1, 0.15) is 0 Å². The third kappa shape index (κ3) is 3.41. The predicted octanol–water partition coefficient (Wildman–Crippen LogP) is 1.18. The molecule has 0 aromatic rings. The van der Waals surface area contributed by atoms with E-state index in [0.29, 0.717) is 24.6 Å². The van der Waals surface area contributed by atoms with Crippen molar-refractivity contribution < 1.29 is 5.11 Å². The van der Waals surface area contributed by atoms with E-state index in [-0.39, 0.29) is 12.4 Å². The van der Waals surface area contributed by atoms with Gasteiger partial charge in [-0.25, -0.2) is 0 Å². The van der Waals surface area contributed by atoms with Crippen molar-refractivity contribution in [3.05, 3.63) is 0 Å². The first kappa shape index (κ1) is 11.2. The van der Waals surface area contributed by atoms with E-state index in [1.165, 1.54) is 0 Å². The largest absolute Gasteiger partial charge is 0.396 e. The SMILES string of the molecule is CC1CC(CO)CC(C)N1.Cl. The Labute approximate surface area is 74.8 Å². The molecule has 0 amide bonds. The Kier molecular flexibility index (Phi) is 5.06. The van der Waals surface area contributed by atoms with Gasteiger partial charge in [-0.2, -0.15) is 0 Å². The Balaban J connectivity index is 0.000001000. The average Bonchev–Trinajstić information content (AvgIpc) is 1.85. The number of nitrogens with one attached hydrogen (secondary N) is 1. The molecular weight excluding hydrogens is 162 g/mol. The molecule has 0 saturated carbocycles. The van der Waals surface area contributed by atoms with Crippen LogP contribution in [-0.2, 0) is 0 Å². The topological polar surface area (TPSA) is 32.3 Å². The van der Waals surface area contributed by atoms with E-state index >= 15 is 0 Å². The van der Waals surface area contributed by atoms with Crippen molar-refractivity contribution in [2.75, 3.05) is 6.61 Å². The zero-order valence-corrected chi connectivity index (χ0v) is 8.03. The van der Waals surface area contributed by atoms with Gasteiger partial charge in [0.25, 0.3) is 0 Å². The van der Waals surface area contributed by atoms with Gasteiger partial charge >= 0.3 is 0 Å². The molecule has 1 aliphatic heterocycles. The lowest BCUT2D eigenvalue weighted by Gasteiger charge is -2.31. The summed E-state index contributed by atoms with van der Waals surface area (Å²) < 4.78 is 0. The van der Waals surface area contributed by atoms with Gasteiger partial charge in [0.05, 0.1) is 0 Å². The molecule has 2 atom stereocenters. The molecule has 0 aromatic heterocycles. The molecule has 0 aliphatic carbocycles. The fraction of sp³-hybridized carbons (Fsp3) is 1.00. The molecule has 0 aromatic carbocycles. The van der Waals surface area contributed by atoms with Crippen molar-refractivity contribution in [2.45, 2.75) is 38.8 Å². The lowest BCUT2D eigenvalue weighted by atomic mass is 9.90. The highest BCUT2D eigenvalue weighted by Crippen LogP contribution is 2.18. The number of piperidine rings is 1. The first-order valence-corrected chi connectivity index (χ1v) is 4.09. The van der Waals surface area contributed by atoms with Gasteiger partial charge in [0, 0.05) is 18.7 Å². The van der Waals surface area contributed by atoms with Gasteiger partial charge in [-0.05, 0) is 32.6 Å². The van der Waals surface area contributed by atoms with Crippen LogP contribution in [0.4, 0.5) is 0 Å². The normalized spacial score (nSPS) is 37.9. The van der Waals surface area contributed by atoms with Crippen LogP contribution in [-0.4, -0.2) is 23.8 Å². The maximum atomic E-state index is 8.90. The monoisotopic (exact) mass is 179 g/mol. The molecule has 2 nitrogen and oxygen atoms in total. The minimum atomic E-state index is 0. The van der Waals surface area contributed by atoms with Crippen molar-refractivity contribution in [3.63, 3.8) is 0 Å². The van der Waals surface area contributed by atoms with Crippen LogP contribution < -0.4 is 5.32 Å². The van der Waals surface area contributed by atoms with E-state index in [0.717, 1.165) is 12.8 Å². The summed E-state index contributed by atoms with van der Waals surface area (Å²) in [6.07, 6.45) is 2.25. The van der Waals surface area contributed by atoms with E-state index in [2.05, 4.69) is 19.2 Å². The highest BCUT2D eigenvalue weighted by atomic mass is 35.5. The van der Waals surface area contributed by atoms with E-state index < -0.39 is 0 Å². The number of halogens is 1. The van der Waals surface area contributed by atoms with Crippen molar-refractivity contribution in [3.8, 4) is 0 Å². The number of rotatable bonds is 1. The highest BCUT2D eigenvalue weighted by molar-refractivity contribution is 5.85. The van der Waals surface area contributed by atoms with Crippen LogP contribution in [0.1, 0.15) is 26.7 Å². The van der Waals surface area contributed by atoms with Crippen molar-refractivity contribution >= 4 is 12.4 Å². The number of hydrogen-bond acceptors (Lipinski definition) is 2. The second kappa shape index (κ2) is 4.96.